The summed E-state index contributed by atoms with van der Waals surface area (Å²) in [4.78, 5) is 40.0. The molecular weight excluding hydrogens is 346 g/mol. The van der Waals surface area contributed by atoms with Crippen molar-refractivity contribution in [3.63, 3.8) is 0 Å². The van der Waals surface area contributed by atoms with Crippen LogP contribution in [0.4, 0.5) is 0 Å². The summed E-state index contributed by atoms with van der Waals surface area (Å²) in [5.41, 5.74) is -0.0311. The summed E-state index contributed by atoms with van der Waals surface area (Å²) in [6.07, 6.45) is 4.70. The first-order chi connectivity index (χ1) is 13.0. The Bertz CT molecular complexity index is 967. The van der Waals surface area contributed by atoms with Crippen molar-refractivity contribution in [3.8, 4) is 0 Å². The molecule has 1 aromatic carbocycles. The number of carbonyl (C=O) groups excluding carboxylic acids is 2. The molecule has 0 N–H and O–H groups in total. The molecule has 142 valence electrons. The van der Waals surface area contributed by atoms with Gasteiger partial charge in [-0.15, -0.1) is 0 Å². The number of methoxy groups -OCH3 is 1. The molecule has 1 aliphatic heterocycles. The quantitative estimate of drug-likeness (QED) is 0.755. The highest BCUT2D eigenvalue weighted by molar-refractivity contribution is 6.06. The van der Waals surface area contributed by atoms with Crippen LogP contribution in [0.2, 0.25) is 0 Å². The van der Waals surface area contributed by atoms with E-state index in [0.29, 0.717) is 23.1 Å². The molecule has 2 heterocycles. The van der Waals surface area contributed by atoms with Crippen molar-refractivity contribution in [1.82, 2.24) is 14.7 Å². The highest BCUT2D eigenvalue weighted by Crippen LogP contribution is 2.41. The molecule has 3 atom stereocenters. The lowest BCUT2D eigenvalue weighted by molar-refractivity contribution is -0.145. The van der Waals surface area contributed by atoms with E-state index in [2.05, 4.69) is 5.10 Å². The third-order valence-electron chi connectivity index (χ3n) is 5.95. The smallest absolute Gasteiger partial charge is 0.328 e. The van der Waals surface area contributed by atoms with Crippen LogP contribution in [0.5, 0.6) is 0 Å². The van der Waals surface area contributed by atoms with E-state index in [0.717, 1.165) is 25.7 Å². The number of aromatic nitrogens is 2. The van der Waals surface area contributed by atoms with Gasteiger partial charge in [-0.1, -0.05) is 31.0 Å². The number of hydrogen-bond acceptors (Lipinski definition) is 5. The molecule has 1 saturated heterocycles. The van der Waals surface area contributed by atoms with E-state index in [-0.39, 0.29) is 29.2 Å². The molecule has 0 unspecified atom stereocenters. The number of esters is 1. The van der Waals surface area contributed by atoms with E-state index in [1.807, 2.05) is 0 Å². The van der Waals surface area contributed by atoms with Crippen molar-refractivity contribution in [1.29, 1.82) is 0 Å². The van der Waals surface area contributed by atoms with Crippen molar-refractivity contribution in [2.45, 2.75) is 44.2 Å². The van der Waals surface area contributed by atoms with Crippen molar-refractivity contribution >= 4 is 22.6 Å². The summed E-state index contributed by atoms with van der Waals surface area (Å²) >= 11 is 0. The molecule has 1 aromatic heterocycles. The zero-order valence-corrected chi connectivity index (χ0v) is 15.6. The first-order valence-corrected chi connectivity index (χ1v) is 9.39. The maximum atomic E-state index is 13.6. The molecule has 2 aliphatic rings. The van der Waals surface area contributed by atoms with Crippen molar-refractivity contribution < 1.29 is 14.3 Å². The van der Waals surface area contributed by atoms with Crippen LogP contribution in [-0.4, -0.2) is 45.8 Å². The Morgan fingerprint density at radius 3 is 2.59 bits per heavy atom. The maximum Gasteiger partial charge on any atom is 0.328 e. The monoisotopic (exact) mass is 369 g/mol. The minimum Gasteiger partial charge on any atom is -0.467 e. The second kappa shape index (κ2) is 6.79. The minimum absolute atomic E-state index is 0.0214. The molecule has 0 radical (unpaired) electrons. The third kappa shape index (κ3) is 2.81. The lowest BCUT2D eigenvalue weighted by Crippen LogP contribution is -2.47. The van der Waals surface area contributed by atoms with Gasteiger partial charge < -0.3 is 9.64 Å². The average Bonchev–Trinajstić information content (AvgIpc) is 3.09. The van der Waals surface area contributed by atoms with Crippen LogP contribution >= 0.6 is 0 Å². The van der Waals surface area contributed by atoms with E-state index in [9.17, 15) is 14.4 Å². The number of fused-ring (bicyclic) bond motifs is 2. The number of benzene rings is 1. The number of hydrogen-bond donors (Lipinski definition) is 0. The normalized spacial score (nSPS) is 24.7. The van der Waals surface area contributed by atoms with Crippen molar-refractivity contribution in [2.75, 3.05) is 7.11 Å². The zero-order valence-electron chi connectivity index (χ0n) is 15.6. The summed E-state index contributed by atoms with van der Waals surface area (Å²) in [6, 6.07) is 6.41. The third-order valence-corrected chi connectivity index (χ3v) is 5.95. The summed E-state index contributed by atoms with van der Waals surface area (Å²) in [5, 5.41) is 5.24. The standard InChI is InChI=1S/C20H23N3O4/c1-22-18(24)14-9-5-4-8-13(14)17(21-22)19(25)23-15-10-6-3-7-12(15)11-16(23)20(26)27-2/h4-5,8-9,12,15-16H,3,6-7,10-11H2,1-2H3/t12-,15+,16+/m1/s1. The van der Waals surface area contributed by atoms with Crippen LogP contribution in [0.3, 0.4) is 0 Å². The van der Waals surface area contributed by atoms with Crippen molar-refractivity contribution in [3.05, 3.63) is 40.3 Å². The number of ether oxygens (including phenoxy) is 1. The highest BCUT2D eigenvalue weighted by Gasteiger charge is 2.48. The number of amides is 1. The van der Waals surface area contributed by atoms with Gasteiger partial charge in [0.1, 0.15) is 6.04 Å². The molecule has 4 rings (SSSR count). The Morgan fingerprint density at radius 2 is 1.85 bits per heavy atom. The fourth-order valence-electron chi connectivity index (χ4n) is 4.68. The second-order valence-electron chi connectivity index (χ2n) is 7.42. The van der Waals surface area contributed by atoms with Crippen LogP contribution in [0.15, 0.2) is 29.1 Å². The SMILES string of the molecule is COC(=O)[C@@H]1C[C@H]2CCCC[C@@H]2N1C(=O)c1nn(C)c(=O)c2ccccc12. The van der Waals surface area contributed by atoms with Gasteiger partial charge in [-0.05, 0) is 31.2 Å². The summed E-state index contributed by atoms with van der Waals surface area (Å²) < 4.78 is 6.17. The largest absolute Gasteiger partial charge is 0.467 e. The van der Waals surface area contributed by atoms with Crippen LogP contribution in [0.1, 0.15) is 42.6 Å². The minimum atomic E-state index is -0.589. The average molecular weight is 369 g/mol. The Kier molecular flexibility index (Phi) is 4.45. The van der Waals surface area contributed by atoms with Crippen LogP contribution in [0, 0.1) is 5.92 Å². The van der Waals surface area contributed by atoms with Gasteiger partial charge in [-0.3, -0.25) is 9.59 Å². The van der Waals surface area contributed by atoms with Gasteiger partial charge >= 0.3 is 5.97 Å². The number of likely N-dealkylation sites (tertiary alicyclic amines) is 1. The Morgan fingerprint density at radius 1 is 1.15 bits per heavy atom. The molecule has 1 aliphatic carbocycles. The Labute approximate surface area is 156 Å². The molecule has 1 amide bonds. The summed E-state index contributed by atoms with van der Waals surface area (Å²) in [5.74, 6) is -0.371. The number of nitrogens with zero attached hydrogens (tertiary/aromatic N) is 3. The van der Waals surface area contributed by atoms with E-state index in [1.165, 1.54) is 18.8 Å². The lowest BCUT2D eigenvalue weighted by Gasteiger charge is -2.33. The predicted octanol–water partition coefficient (Wildman–Crippen LogP) is 1.88. The van der Waals surface area contributed by atoms with Gasteiger partial charge in [0.2, 0.25) is 0 Å². The molecule has 0 bridgehead atoms. The molecule has 27 heavy (non-hydrogen) atoms. The van der Waals surface area contributed by atoms with Gasteiger partial charge in [-0.2, -0.15) is 5.10 Å². The number of carbonyl (C=O) groups is 2. The fraction of sp³-hybridized carbons (Fsp3) is 0.500. The molecule has 7 heteroatoms. The second-order valence-corrected chi connectivity index (χ2v) is 7.42. The topological polar surface area (TPSA) is 81.5 Å². The molecule has 2 aromatic rings. The molecule has 2 fully saturated rings. The zero-order chi connectivity index (χ0) is 19.1. The van der Waals surface area contributed by atoms with Crippen LogP contribution in [0.25, 0.3) is 10.8 Å². The molecule has 7 nitrogen and oxygen atoms in total. The number of rotatable bonds is 2. The van der Waals surface area contributed by atoms with E-state index >= 15 is 0 Å². The Hall–Kier alpha value is -2.70. The van der Waals surface area contributed by atoms with Gasteiger partial charge in [0.15, 0.2) is 5.69 Å². The first kappa shape index (κ1) is 17.7. The van der Waals surface area contributed by atoms with Gasteiger partial charge in [0, 0.05) is 18.5 Å². The fourth-order valence-corrected chi connectivity index (χ4v) is 4.68. The maximum absolute atomic E-state index is 13.6. The predicted molar refractivity (Wildman–Crippen MR) is 99.3 cm³/mol. The van der Waals surface area contributed by atoms with Crippen molar-refractivity contribution in [2.24, 2.45) is 13.0 Å². The van der Waals surface area contributed by atoms with Crippen LogP contribution < -0.4 is 5.56 Å². The number of aryl methyl sites for hydroxylation is 1. The molecular formula is C20H23N3O4. The van der Waals surface area contributed by atoms with Crippen LogP contribution in [-0.2, 0) is 16.6 Å². The van der Waals surface area contributed by atoms with Gasteiger partial charge in [0.25, 0.3) is 11.5 Å². The van der Waals surface area contributed by atoms with Gasteiger partial charge in [0.05, 0.1) is 12.5 Å². The Balaban J connectivity index is 1.83. The summed E-state index contributed by atoms with van der Waals surface area (Å²) in [7, 11) is 2.89. The van der Waals surface area contributed by atoms with Gasteiger partial charge in [-0.25, -0.2) is 9.48 Å². The molecule has 1 saturated carbocycles. The highest BCUT2D eigenvalue weighted by atomic mass is 16.5. The van der Waals surface area contributed by atoms with E-state index in [4.69, 9.17) is 4.74 Å². The summed E-state index contributed by atoms with van der Waals surface area (Å²) in [6.45, 7) is 0. The first-order valence-electron chi connectivity index (χ1n) is 9.39. The molecule has 0 spiro atoms. The lowest BCUT2D eigenvalue weighted by atomic mass is 9.84. The van der Waals surface area contributed by atoms with E-state index in [1.54, 1.807) is 29.2 Å². The van der Waals surface area contributed by atoms with E-state index < -0.39 is 6.04 Å².